The summed E-state index contributed by atoms with van der Waals surface area (Å²) >= 11 is 0. The molecule has 32 heavy (non-hydrogen) atoms. The molecule has 0 saturated carbocycles. The van der Waals surface area contributed by atoms with Gasteiger partial charge in [-0.3, -0.25) is 9.59 Å². The third-order valence-corrected chi connectivity index (χ3v) is 6.02. The van der Waals surface area contributed by atoms with Gasteiger partial charge in [0.05, 0.1) is 19.1 Å². The Kier molecular flexibility index (Phi) is 5.94. The number of carbonyl (C=O) groups is 2. The third kappa shape index (κ3) is 4.21. The van der Waals surface area contributed by atoms with Gasteiger partial charge >= 0.3 is 0 Å². The zero-order chi connectivity index (χ0) is 22.9. The highest BCUT2D eigenvalue weighted by molar-refractivity contribution is 6.00. The van der Waals surface area contributed by atoms with Gasteiger partial charge in [0.25, 0.3) is 5.91 Å². The molecule has 1 saturated heterocycles. The molecule has 1 atom stereocenters. The maximum atomic E-state index is 13.2. The fraction of sp³-hybridized carbons (Fsp3) is 0.458. The van der Waals surface area contributed by atoms with E-state index in [1.54, 1.807) is 23.1 Å². The number of ketones is 1. The van der Waals surface area contributed by atoms with E-state index in [1.165, 1.54) is 0 Å². The second kappa shape index (κ2) is 8.67. The largest absolute Gasteiger partial charge is 0.483 e. The number of morpholine rings is 1. The van der Waals surface area contributed by atoms with E-state index in [-0.39, 0.29) is 35.2 Å². The lowest BCUT2D eigenvalue weighted by molar-refractivity contribution is -0.137. The van der Waals surface area contributed by atoms with Gasteiger partial charge < -0.3 is 24.8 Å². The van der Waals surface area contributed by atoms with Gasteiger partial charge in [-0.2, -0.15) is 5.26 Å². The first-order valence-electron chi connectivity index (χ1n) is 10.7. The molecule has 1 aromatic carbocycles. The Labute approximate surface area is 187 Å². The van der Waals surface area contributed by atoms with Crippen LogP contribution in [-0.4, -0.2) is 49.5 Å². The van der Waals surface area contributed by atoms with Crippen molar-refractivity contribution in [1.82, 2.24) is 4.90 Å². The van der Waals surface area contributed by atoms with E-state index < -0.39 is 5.92 Å². The van der Waals surface area contributed by atoms with Crippen LogP contribution in [0.4, 0.5) is 0 Å². The van der Waals surface area contributed by atoms with Crippen molar-refractivity contribution >= 4 is 11.7 Å². The van der Waals surface area contributed by atoms with Crippen molar-refractivity contribution in [3.8, 4) is 11.8 Å². The van der Waals surface area contributed by atoms with Crippen LogP contribution >= 0.6 is 0 Å². The molecule has 2 aliphatic heterocycles. The lowest BCUT2D eigenvalue weighted by atomic mass is 9.70. The lowest BCUT2D eigenvalue weighted by Crippen LogP contribution is -2.43. The summed E-state index contributed by atoms with van der Waals surface area (Å²) in [7, 11) is 0. The zero-order valence-corrected chi connectivity index (χ0v) is 18.3. The predicted octanol–water partition coefficient (Wildman–Crippen LogP) is 2.38. The summed E-state index contributed by atoms with van der Waals surface area (Å²) in [6.45, 7) is 5.94. The summed E-state index contributed by atoms with van der Waals surface area (Å²) in [5.41, 5.74) is 7.09. The van der Waals surface area contributed by atoms with Gasteiger partial charge in [0, 0.05) is 37.1 Å². The quantitative estimate of drug-likeness (QED) is 0.769. The molecule has 0 radical (unpaired) electrons. The number of allylic oxidation sites excluding steroid dienone is 3. The fourth-order valence-electron chi connectivity index (χ4n) is 4.49. The number of hydrogen-bond acceptors (Lipinski definition) is 7. The van der Waals surface area contributed by atoms with Crippen molar-refractivity contribution in [2.45, 2.75) is 32.6 Å². The molecular formula is C24H27N3O5. The van der Waals surface area contributed by atoms with E-state index in [0.29, 0.717) is 61.8 Å². The van der Waals surface area contributed by atoms with Gasteiger partial charge in [-0.1, -0.05) is 32.0 Å². The van der Waals surface area contributed by atoms with Gasteiger partial charge in [-0.15, -0.1) is 0 Å². The molecule has 8 nitrogen and oxygen atoms in total. The highest BCUT2D eigenvalue weighted by atomic mass is 16.5. The van der Waals surface area contributed by atoms with E-state index in [9.17, 15) is 14.9 Å². The minimum Gasteiger partial charge on any atom is -0.483 e. The number of benzene rings is 1. The highest BCUT2D eigenvalue weighted by Crippen LogP contribution is 2.49. The molecule has 2 heterocycles. The van der Waals surface area contributed by atoms with Gasteiger partial charge in [-0.05, 0) is 11.5 Å². The Hall–Kier alpha value is -3.31. The topological polar surface area (TPSA) is 115 Å². The van der Waals surface area contributed by atoms with Crippen LogP contribution in [0.5, 0.6) is 5.75 Å². The first-order valence-corrected chi connectivity index (χ1v) is 10.7. The van der Waals surface area contributed by atoms with Crippen LogP contribution in [0, 0.1) is 16.7 Å². The number of amides is 1. The highest BCUT2D eigenvalue weighted by Gasteiger charge is 2.43. The van der Waals surface area contributed by atoms with Gasteiger partial charge in [0.1, 0.15) is 23.2 Å². The molecular weight excluding hydrogens is 410 g/mol. The van der Waals surface area contributed by atoms with E-state index in [0.717, 1.165) is 0 Å². The number of nitrogens with zero attached hydrogens (tertiary/aromatic N) is 2. The third-order valence-electron chi connectivity index (χ3n) is 6.02. The van der Waals surface area contributed by atoms with Crippen molar-refractivity contribution < 1.29 is 23.8 Å². The zero-order valence-electron chi connectivity index (χ0n) is 18.3. The number of rotatable bonds is 4. The van der Waals surface area contributed by atoms with Crippen molar-refractivity contribution in [2.24, 2.45) is 11.1 Å². The molecule has 0 spiro atoms. The number of hydrogen-bond donors (Lipinski definition) is 1. The van der Waals surface area contributed by atoms with Crippen LogP contribution in [0.15, 0.2) is 47.1 Å². The predicted molar refractivity (Wildman–Crippen MR) is 115 cm³/mol. The molecule has 1 aliphatic carbocycles. The van der Waals surface area contributed by atoms with Crippen LogP contribution < -0.4 is 10.5 Å². The van der Waals surface area contributed by atoms with Crippen molar-refractivity contribution in [3.63, 3.8) is 0 Å². The van der Waals surface area contributed by atoms with Crippen LogP contribution in [-0.2, 0) is 19.1 Å². The van der Waals surface area contributed by atoms with Crippen LogP contribution in [0.1, 0.15) is 38.2 Å². The van der Waals surface area contributed by atoms with Gasteiger partial charge in [-0.25, -0.2) is 0 Å². The number of ether oxygens (including phenoxy) is 3. The summed E-state index contributed by atoms with van der Waals surface area (Å²) in [4.78, 5) is 27.4. The molecule has 2 N–H and O–H groups in total. The minimum absolute atomic E-state index is 0.000876. The van der Waals surface area contributed by atoms with E-state index >= 15 is 0 Å². The van der Waals surface area contributed by atoms with Crippen molar-refractivity contribution in [1.29, 1.82) is 5.26 Å². The second-order valence-electron chi connectivity index (χ2n) is 9.02. The Bertz CT molecular complexity index is 1040. The Morgan fingerprint density at radius 3 is 2.72 bits per heavy atom. The molecule has 0 bridgehead atoms. The fourth-order valence-corrected chi connectivity index (χ4v) is 4.49. The van der Waals surface area contributed by atoms with Crippen LogP contribution in [0.25, 0.3) is 0 Å². The van der Waals surface area contributed by atoms with E-state index in [1.807, 2.05) is 19.9 Å². The monoisotopic (exact) mass is 437 g/mol. The van der Waals surface area contributed by atoms with E-state index in [2.05, 4.69) is 6.07 Å². The van der Waals surface area contributed by atoms with Crippen LogP contribution in [0.2, 0.25) is 0 Å². The van der Waals surface area contributed by atoms with Gasteiger partial charge in [0.15, 0.2) is 12.4 Å². The van der Waals surface area contributed by atoms with Gasteiger partial charge in [0.2, 0.25) is 5.88 Å². The number of carbonyl (C=O) groups excluding carboxylic acids is 2. The Morgan fingerprint density at radius 1 is 1.28 bits per heavy atom. The summed E-state index contributed by atoms with van der Waals surface area (Å²) in [5, 5.41) is 9.84. The summed E-state index contributed by atoms with van der Waals surface area (Å²) in [6.07, 6.45) is 0.894. The summed E-state index contributed by atoms with van der Waals surface area (Å²) in [5.74, 6) is 0.0442. The standard InChI is InChI=1S/C24H27N3O5/c1-24(2)11-17(28)22-19(12-24)32-23(26)16(13-25)21(22)15-5-3-4-6-18(15)31-14-20(29)27-7-9-30-10-8-27/h3-6,21H,7-12,14,26H2,1-2H3. The average molecular weight is 437 g/mol. The second-order valence-corrected chi connectivity index (χ2v) is 9.02. The molecule has 0 aromatic heterocycles. The molecule has 4 rings (SSSR count). The van der Waals surface area contributed by atoms with Crippen molar-refractivity contribution in [2.75, 3.05) is 32.9 Å². The molecule has 1 unspecified atom stereocenters. The minimum atomic E-state index is -0.693. The van der Waals surface area contributed by atoms with Crippen molar-refractivity contribution in [3.05, 3.63) is 52.6 Å². The number of nitrogens with two attached hydrogens (primary N) is 1. The number of para-hydroxylation sites is 1. The van der Waals surface area contributed by atoms with Crippen LogP contribution in [0.3, 0.4) is 0 Å². The molecule has 8 heteroatoms. The Morgan fingerprint density at radius 2 is 2.00 bits per heavy atom. The summed E-state index contributed by atoms with van der Waals surface area (Å²) < 4.78 is 16.9. The first kappa shape index (κ1) is 21.9. The molecule has 1 fully saturated rings. The smallest absolute Gasteiger partial charge is 0.260 e. The maximum absolute atomic E-state index is 13.2. The normalized spacial score (nSPS) is 22.7. The Balaban J connectivity index is 1.67. The molecule has 3 aliphatic rings. The summed E-state index contributed by atoms with van der Waals surface area (Å²) in [6, 6.07) is 9.25. The number of nitriles is 1. The number of Topliss-reactive ketones (excluding diaryl/α,β-unsaturated/α-hetero) is 1. The average Bonchev–Trinajstić information content (AvgIpc) is 2.76. The molecule has 168 valence electrons. The first-order chi connectivity index (χ1) is 15.3. The maximum Gasteiger partial charge on any atom is 0.260 e. The SMILES string of the molecule is CC1(C)CC(=O)C2=C(C1)OC(N)=C(C#N)C2c1ccccc1OCC(=O)N1CCOCC1. The lowest BCUT2D eigenvalue weighted by Gasteiger charge is -2.37. The molecule has 1 amide bonds. The van der Waals surface area contributed by atoms with E-state index in [4.69, 9.17) is 19.9 Å². The molecule has 1 aromatic rings.